The summed E-state index contributed by atoms with van der Waals surface area (Å²) < 4.78 is 0. The van der Waals surface area contributed by atoms with Gasteiger partial charge in [-0.05, 0) is 79.5 Å². The summed E-state index contributed by atoms with van der Waals surface area (Å²) in [5.74, 6) is 0.683. The maximum Gasteiger partial charge on any atom is 0.0909 e. The maximum absolute atomic E-state index is 6.13. The molecule has 3 rings (SSSR count). The summed E-state index contributed by atoms with van der Waals surface area (Å²) in [5.41, 5.74) is 6.46. The Balaban J connectivity index is 1.91. The average molecular weight is 341 g/mol. The molecular weight excluding hydrogens is 316 g/mol. The highest BCUT2D eigenvalue weighted by Crippen LogP contribution is 2.45. The SMILES string of the molecule is CCN(C)C=Nc1cc(C)c(Cc2cccc(Cl)c2)cc1C1CC1. The lowest BCUT2D eigenvalue weighted by molar-refractivity contribution is 0.552. The van der Waals surface area contributed by atoms with Crippen molar-refractivity contribution >= 4 is 23.6 Å². The quantitative estimate of drug-likeness (QED) is 0.484. The van der Waals surface area contributed by atoms with Gasteiger partial charge in [0.05, 0.1) is 12.0 Å². The highest BCUT2D eigenvalue weighted by Gasteiger charge is 2.26. The van der Waals surface area contributed by atoms with Crippen molar-refractivity contribution < 1.29 is 0 Å². The molecule has 0 N–H and O–H groups in total. The molecule has 0 bridgehead atoms. The van der Waals surface area contributed by atoms with Gasteiger partial charge in [-0.15, -0.1) is 0 Å². The molecule has 2 aromatic rings. The number of aliphatic imine (C=N–C) groups is 1. The largest absolute Gasteiger partial charge is 0.366 e. The lowest BCUT2D eigenvalue weighted by Crippen LogP contribution is -2.14. The van der Waals surface area contributed by atoms with Gasteiger partial charge in [-0.3, -0.25) is 0 Å². The standard InChI is InChI=1S/C21H25ClN2/c1-4-24(3)14-23-21-10-15(2)18(13-20(21)17-8-9-17)11-16-6-5-7-19(22)12-16/h5-7,10,12-14,17H,4,8-9,11H2,1-3H3. The smallest absolute Gasteiger partial charge is 0.0909 e. The Morgan fingerprint density at radius 3 is 2.71 bits per heavy atom. The normalized spacial score (nSPS) is 14.3. The number of aryl methyl sites for hydroxylation is 1. The van der Waals surface area contributed by atoms with E-state index in [4.69, 9.17) is 16.6 Å². The Labute approximate surface area is 150 Å². The second-order valence-corrected chi connectivity index (χ2v) is 7.17. The lowest BCUT2D eigenvalue weighted by atomic mass is 9.95. The zero-order valence-corrected chi connectivity index (χ0v) is 15.5. The van der Waals surface area contributed by atoms with Crippen LogP contribution in [-0.2, 0) is 6.42 Å². The summed E-state index contributed by atoms with van der Waals surface area (Å²) in [5, 5.41) is 0.802. The molecule has 0 unspecified atom stereocenters. The van der Waals surface area contributed by atoms with Crippen LogP contribution in [0.4, 0.5) is 5.69 Å². The van der Waals surface area contributed by atoms with Crippen molar-refractivity contribution in [3.8, 4) is 0 Å². The number of halogens is 1. The van der Waals surface area contributed by atoms with Gasteiger partial charge >= 0.3 is 0 Å². The van der Waals surface area contributed by atoms with Crippen molar-refractivity contribution in [2.75, 3.05) is 13.6 Å². The summed E-state index contributed by atoms with van der Waals surface area (Å²) >= 11 is 6.13. The molecule has 1 aliphatic carbocycles. The van der Waals surface area contributed by atoms with Crippen molar-refractivity contribution in [1.29, 1.82) is 0 Å². The molecular formula is C21H25ClN2. The third kappa shape index (κ3) is 4.18. The minimum atomic E-state index is 0.683. The van der Waals surface area contributed by atoms with Gasteiger partial charge in [0, 0.05) is 18.6 Å². The van der Waals surface area contributed by atoms with Crippen LogP contribution in [0.2, 0.25) is 5.02 Å². The Hall–Kier alpha value is -1.80. The molecule has 0 radical (unpaired) electrons. The van der Waals surface area contributed by atoms with Crippen LogP contribution in [0.1, 0.15) is 47.9 Å². The van der Waals surface area contributed by atoms with E-state index in [1.54, 1.807) is 0 Å². The summed E-state index contributed by atoms with van der Waals surface area (Å²) in [4.78, 5) is 6.84. The number of hydrogen-bond donors (Lipinski definition) is 0. The molecule has 2 aromatic carbocycles. The summed E-state index contributed by atoms with van der Waals surface area (Å²) in [6, 6.07) is 12.8. The van der Waals surface area contributed by atoms with E-state index in [2.05, 4.69) is 50.1 Å². The van der Waals surface area contributed by atoms with E-state index in [1.807, 2.05) is 18.5 Å². The Morgan fingerprint density at radius 2 is 2.04 bits per heavy atom. The monoisotopic (exact) mass is 340 g/mol. The Bertz CT molecular complexity index is 747. The van der Waals surface area contributed by atoms with Crippen LogP contribution in [0.25, 0.3) is 0 Å². The first-order valence-electron chi connectivity index (χ1n) is 8.69. The first-order chi connectivity index (χ1) is 11.6. The molecule has 1 fully saturated rings. The van der Waals surface area contributed by atoms with E-state index >= 15 is 0 Å². The van der Waals surface area contributed by atoms with Gasteiger partial charge in [-0.2, -0.15) is 0 Å². The van der Waals surface area contributed by atoms with Crippen LogP contribution in [0, 0.1) is 6.92 Å². The molecule has 2 nitrogen and oxygen atoms in total. The van der Waals surface area contributed by atoms with Gasteiger partial charge in [-0.25, -0.2) is 4.99 Å². The minimum Gasteiger partial charge on any atom is -0.366 e. The molecule has 1 saturated carbocycles. The molecule has 126 valence electrons. The molecule has 24 heavy (non-hydrogen) atoms. The van der Waals surface area contributed by atoms with E-state index in [0.717, 1.165) is 23.7 Å². The van der Waals surface area contributed by atoms with E-state index in [1.165, 1.54) is 35.1 Å². The van der Waals surface area contributed by atoms with Gasteiger partial charge in [0.25, 0.3) is 0 Å². The van der Waals surface area contributed by atoms with E-state index in [-0.39, 0.29) is 0 Å². The van der Waals surface area contributed by atoms with Gasteiger partial charge in [0.2, 0.25) is 0 Å². The summed E-state index contributed by atoms with van der Waals surface area (Å²) in [7, 11) is 2.06. The highest BCUT2D eigenvalue weighted by atomic mass is 35.5. The molecule has 1 aliphatic rings. The average Bonchev–Trinajstić information content (AvgIpc) is 3.39. The van der Waals surface area contributed by atoms with Crippen LogP contribution < -0.4 is 0 Å². The fraction of sp³-hybridized carbons (Fsp3) is 0.381. The first-order valence-corrected chi connectivity index (χ1v) is 9.07. The molecule has 0 aromatic heterocycles. The van der Waals surface area contributed by atoms with Crippen LogP contribution in [0.3, 0.4) is 0 Å². The topological polar surface area (TPSA) is 15.6 Å². The predicted octanol–water partition coefficient (Wildman–Crippen LogP) is 5.73. The summed E-state index contributed by atoms with van der Waals surface area (Å²) in [6.45, 7) is 5.28. The molecule has 0 amide bonds. The predicted molar refractivity (Wildman–Crippen MR) is 104 cm³/mol. The van der Waals surface area contributed by atoms with Crippen molar-refractivity contribution in [3.05, 3.63) is 63.7 Å². The lowest BCUT2D eigenvalue weighted by Gasteiger charge is -2.14. The van der Waals surface area contributed by atoms with Gasteiger partial charge in [0.15, 0.2) is 0 Å². The van der Waals surface area contributed by atoms with Crippen LogP contribution in [-0.4, -0.2) is 24.8 Å². The minimum absolute atomic E-state index is 0.683. The fourth-order valence-corrected chi connectivity index (χ4v) is 3.10. The van der Waals surface area contributed by atoms with E-state index in [9.17, 15) is 0 Å². The number of hydrogen-bond acceptors (Lipinski definition) is 1. The highest BCUT2D eigenvalue weighted by molar-refractivity contribution is 6.30. The van der Waals surface area contributed by atoms with Crippen LogP contribution >= 0.6 is 11.6 Å². The zero-order chi connectivity index (χ0) is 17.1. The first kappa shape index (κ1) is 17.0. The van der Waals surface area contributed by atoms with Crippen LogP contribution in [0.15, 0.2) is 41.4 Å². The van der Waals surface area contributed by atoms with E-state index < -0.39 is 0 Å². The zero-order valence-electron chi connectivity index (χ0n) is 14.7. The second kappa shape index (κ2) is 7.40. The number of benzene rings is 2. The molecule has 0 heterocycles. The van der Waals surface area contributed by atoms with Crippen molar-refractivity contribution in [2.45, 2.75) is 39.0 Å². The maximum atomic E-state index is 6.13. The van der Waals surface area contributed by atoms with E-state index in [0.29, 0.717) is 5.92 Å². The van der Waals surface area contributed by atoms with Gasteiger partial charge in [0.1, 0.15) is 0 Å². The molecule has 3 heteroatoms. The third-order valence-electron chi connectivity index (χ3n) is 4.68. The molecule has 0 saturated heterocycles. The molecule has 0 atom stereocenters. The molecule has 0 aliphatic heterocycles. The summed E-state index contributed by atoms with van der Waals surface area (Å²) in [6.07, 6.45) is 5.43. The molecule has 0 spiro atoms. The Kier molecular flexibility index (Phi) is 5.25. The van der Waals surface area contributed by atoms with Crippen molar-refractivity contribution in [1.82, 2.24) is 4.90 Å². The third-order valence-corrected chi connectivity index (χ3v) is 4.91. The number of nitrogens with zero attached hydrogens (tertiary/aromatic N) is 2. The van der Waals surface area contributed by atoms with Gasteiger partial charge < -0.3 is 4.90 Å². The van der Waals surface area contributed by atoms with Crippen molar-refractivity contribution in [2.24, 2.45) is 4.99 Å². The number of rotatable bonds is 6. The van der Waals surface area contributed by atoms with Gasteiger partial charge in [-0.1, -0.05) is 29.8 Å². The van der Waals surface area contributed by atoms with Crippen LogP contribution in [0.5, 0.6) is 0 Å². The fourth-order valence-electron chi connectivity index (χ4n) is 2.89. The van der Waals surface area contributed by atoms with Crippen molar-refractivity contribution in [3.63, 3.8) is 0 Å². The Morgan fingerprint density at radius 1 is 1.25 bits per heavy atom. The second-order valence-electron chi connectivity index (χ2n) is 6.74.